The van der Waals surface area contributed by atoms with Crippen molar-refractivity contribution in [1.29, 1.82) is 0 Å². The summed E-state index contributed by atoms with van der Waals surface area (Å²) in [5.74, 6) is -37.1. The molecule has 0 spiro atoms. The average Bonchev–Trinajstić information content (AvgIpc) is 2.36. The van der Waals surface area contributed by atoms with Gasteiger partial charge in [0.1, 0.15) is 0 Å². The molecule has 1 unspecified atom stereocenters. The molecule has 0 bridgehead atoms. The minimum atomic E-state index is -7.84. The lowest BCUT2D eigenvalue weighted by atomic mass is 9.92. The van der Waals surface area contributed by atoms with Crippen LogP contribution < -0.4 is 0 Å². The van der Waals surface area contributed by atoms with Crippen LogP contribution in [0.4, 0.5) is 57.1 Å². The Hall–Kier alpha value is -0.950. The largest absolute Gasteiger partial charge is 0.388 e. The molecule has 1 nitrogen and oxygen atoms in total. The van der Waals surface area contributed by atoms with Gasteiger partial charge in [0, 0.05) is 0 Å². The van der Waals surface area contributed by atoms with Crippen LogP contribution in [0.25, 0.3) is 0 Å². The van der Waals surface area contributed by atoms with Crippen molar-refractivity contribution in [2.45, 2.75) is 42.2 Å². The van der Waals surface area contributed by atoms with Crippen LogP contribution in [-0.2, 0) is 4.79 Å². The van der Waals surface area contributed by atoms with E-state index >= 15 is 0 Å². The molecular formula is C8H2ClF13O. The molecule has 1 atom stereocenters. The second kappa shape index (κ2) is 5.84. The Morgan fingerprint density at radius 1 is 0.696 bits per heavy atom. The number of alkyl halides is 13. The second-order valence-electron chi connectivity index (χ2n) is 3.93. The zero-order chi connectivity index (χ0) is 19.2. The topological polar surface area (TPSA) is 17.1 Å². The van der Waals surface area contributed by atoms with E-state index in [1.54, 1.807) is 0 Å². The van der Waals surface area contributed by atoms with Crippen LogP contribution in [0.3, 0.4) is 0 Å². The van der Waals surface area contributed by atoms with Crippen molar-refractivity contribution in [3.05, 3.63) is 0 Å². The van der Waals surface area contributed by atoms with E-state index in [1.807, 2.05) is 0 Å². The summed E-state index contributed by atoms with van der Waals surface area (Å²) in [6.07, 6.45) is -10.4. The molecule has 138 valence electrons. The minimum Gasteiger partial charge on any atom is -0.274 e. The van der Waals surface area contributed by atoms with E-state index in [4.69, 9.17) is 0 Å². The van der Waals surface area contributed by atoms with Crippen LogP contribution in [0.5, 0.6) is 0 Å². The van der Waals surface area contributed by atoms with Gasteiger partial charge in [0.25, 0.3) is 11.7 Å². The van der Waals surface area contributed by atoms with Crippen LogP contribution in [0.2, 0.25) is 0 Å². The lowest BCUT2D eigenvalue weighted by molar-refractivity contribution is -0.403. The van der Waals surface area contributed by atoms with Crippen LogP contribution in [-0.4, -0.2) is 47.5 Å². The quantitative estimate of drug-likeness (QED) is 0.456. The summed E-state index contributed by atoms with van der Waals surface area (Å²) in [6.45, 7) is 0. The Bertz CT molecular complexity index is 459. The fraction of sp³-hybridized carbons (Fsp3) is 0.875. The van der Waals surface area contributed by atoms with Gasteiger partial charge in [-0.2, -0.15) is 43.9 Å². The molecule has 0 radical (unpaired) electrons. The van der Waals surface area contributed by atoms with Gasteiger partial charge in [0.15, 0.2) is 0 Å². The van der Waals surface area contributed by atoms with E-state index in [9.17, 15) is 61.9 Å². The summed E-state index contributed by atoms with van der Waals surface area (Å²) in [5, 5.41) is -3.63. The average molecular weight is 397 g/mol. The predicted molar refractivity (Wildman–Crippen MR) is 46.5 cm³/mol. The smallest absolute Gasteiger partial charge is 0.274 e. The molecule has 0 fully saturated rings. The third kappa shape index (κ3) is 2.93. The number of hydrogen-bond donors (Lipinski definition) is 0. The van der Waals surface area contributed by atoms with Crippen LogP contribution in [0, 0.1) is 0 Å². The Morgan fingerprint density at radius 2 is 1.04 bits per heavy atom. The van der Waals surface area contributed by atoms with E-state index in [-0.39, 0.29) is 0 Å². The number of carbonyl (C=O) groups excluding carboxylic acids is 1. The van der Waals surface area contributed by atoms with Gasteiger partial charge in [-0.05, 0) is 11.6 Å². The highest BCUT2D eigenvalue weighted by molar-refractivity contribution is 6.65. The van der Waals surface area contributed by atoms with Crippen LogP contribution in [0.1, 0.15) is 0 Å². The van der Waals surface area contributed by atoms with Gasteiger partial charge in [0.2, 0.25) is 6.17 Å². The van der Waals surface area contributed by atoms with E-state index < -0.39 is 47.5 Å². The first-order chi connectivity index (χ1) is 9.80. The Balaban J connectivity index is 6.22. The van der Waals surface area contributed by atoms with Crippen molar-refractivity contribution >= 4 is 16.8 Å². The van der Waals surface area contributed by atoms with Crippen molar-refractivity contribution in [3.63, 3.8) is 0 Å². The monoisotopic (exact) mass is 396 g/mol. The Morgan fingerprint density at radius 3 is 1.30 bits per heavy atom. The van der Waals surface area contributed by atoms with Crippen LogP contribution in [0.15, 0.2) is 0 Å². The molecule has 0 heterocycles. The van der Waals surface area contributed by atoms with E-state index in [1.165, 1.54) is 0 Å². The van der Waals surface area contributed by atoms with E-state index in [2.05, 4.69) is 11.6 Å². The maximum absolute atomic E-state index is 12.9. The van der Waals surface area contributed by atoms with Crippen molar-refractivity contribution in [3.8, 4) is 0 Å². The number of hydrogen-bond acceptors (Lipinski definition) is 1. The third-order valence-electron chi connectivity index (χ3n) is 2.42. The summed E-state index contributed by atoms with van der Waals surface area (Å²) in [4.78, 5) is 9.95. The highest BCUT2D eigenvalue weighted by atomic mass is 35.5. The van der Waals surface area contributed by atoms with Crippen molar-refractivity contribution in [1.82, 2.24) is 0 Å². The fourth-order valence-corrected chi connectivity index (χ4v) is 1.18. The molecule has 0 saturated carbocycles. The van der Waals surface area contributed by atoms with E-state index in [0.717, 1.165) is 0 Å². The molecule has 0 saturated heterocycles. The summed E-state index contributed by atoms with van der Waals surface area (Å²) in [7, 11) is 0. The fourth-order valence-electron chi connectivity index (χ4n) is 1.06. The van der Waals surface area contributed by atoms with Gasteiger partial charge in [-0.3, -0.25) is 4.79 Å². The van der Waals surface area contributed by atoms with Crippen molar-refractivity contribution < 1.29 is 61.9 Å². The zero-order valence-corrected chi connectivity index (χ0v) is 10.6. The highest BCUT2D eigenvalue weighted by Gasteiger charge is 2.89. The van der Waals surface area contributed by atoms with Crippen molar-refractivity contribution in [2.24, 2.45) is 0 Å². The molecule has 0 aliphatic carbocycles. The number of halogens is 14. The third-order valence-corrected chi connectivity index (χ3v) is 2.65. The first-order valence-electron chi connectivity index (χ1n) is 4.81. The molecule has 0 aromatic heterocycles. The van der Waals surface area contributed by atoms with Crippen LogP contribution >= 0.6 is 11.6 Å². The second-order valence-corrected chi connectivity index (χ2v) is 4.27. The van der Waals surface area contributed by atoms with Gasteiger partial charge >= 0.3 is 29.6 Å². The summed E-state index contributed by atoms with van der Waals surface area (Å²) < 4.78 is 163. The Kier molecular flexibility index (Phi) is 5.60. The predicted octanol–water partition coefficient (Wildman–Crippen LogP) is 4.53. The molecule has 0 aromatic rings. The SMILES string of the molecule is O=C(Cl)C(F)(F)C(F)(F)C(F)(F)C(F)(F)C(F)(F)C(F)C(F)F. The summed E-state index contributed by atoms with van der Waals surface area (Å²) in [6, 6.07) is 0. The lowest BCUT2D eigenvalue weighted by Gasteiger charge is -2.39. The zero-order valence-electron chi connectivity index (χ0n) is 9.85. The molecule has 0 aromatic carbocycles. The van der Waals surface area contributed by atoms with Gasteiger partial charge in [-0.25, -0.2) is 13.2 Å². The molecule has 0 aliphatic rings. The highest BCUT2D eigenvalue weighted by Crippen LogP contribution is 2.58. The maximum atomic E-state index is 12.9. The first-order valence-corrected chi connectivity index (χ1v) is 5.19. The summed E-state index contributed by atoms with van der Waals surface area (Å²) in [5.41, 5.74) is 0. The molecule has 15 heteroatoms. The number of carbonyl (C=O) groups is 1. The van der Waals surface area contributed by atoms with Crippen molar-refractivity contribution in [2.75, 3.05) is 0 Å². The molecule has 0 amide bonds. The summed E-state index contributed by atoms with van der Waals surface area (Å²) >= 11 is 3.81. The molecule has 0 aliphatic heterocycles. The van der Waals surface area contributed by atoms with Gasteiger partial charge in [0.05, 0.1) is 0 Å². The molecule has 23 heavy (non-hydrogen) atoms. The van der Waals surface area contributed by atoms with Gasteiger partial charge in [-0.15, -0.1) is 0 Å². The first kappa shape index (κ1) is 22.1. The Labute approximate surface area is 122 Å². The minimum absolute atomic E-state index is 3.63. The van der Waals surface area contributed by atoms with E-state index in [0.29, 0.717) is 0 Å². The molecule has 0 rings (SSSR count). The molecule has 0 N–H and O–H groups in total. The number of rotatable bonds is 7. The normalized spacial score (nSPS) is 16.7. The van der Waals surface area contributed by atoms with Gasteiger partial charge in [-0.1, -0.05) is 0 Å². The maximum Gasteiger partial charge on any atom is 0.388 e. The van der Waals surface area contributed by atoms with Gasteiger partial charge < -0.3 is 0 Å². The molecular weight excluding hydrogens is 395 g/mol. The standard InChI is InChI=1S/C8H2ClF13O/c9-3(23)5(15,16)7(19,20)8(21,22)6(17,18)4(13,14)1(10)2(11)12/h1-2H. The lowest BCUT2D eigenvalue weighted by Crippen LogP contribution is -2.70.